The van der Waals surface area contributed by atoms with Crippen LogP contribution in [0.4, 0.5) is 23.1 Å². The first-order chi connectivity index (χ1) is 14.1. The van der Waals surface area contributed by atoms with E-state index < -0.39 is 0 Å². The summed E-state index contributed by atoms with van der Waals surface area (Å²) in [6.07, 6.45) is 1.74. The molecule has 0 fully saturated rings. The Morgan fingerprint density at radius 1 is 0.966 bits per heavy atom. The van der Waals surface area contributed by atoms with Gasteiger partial charge in [-0.15, -0.1) is 0 Å². The third-order valence-corrected chi connectivity index (χ3v) is 4.45. The van der Waals surface area contributed by atoms with Crippen LogP contribution in [0.2, 0.25) is 0 Å². The second-order valence-electron chi connectivity index (χ2n) is 6.36. The monoisotopic (exact) mass is 394 g/mol. The van der Waals surface area contributed by atoms with E-state index in [4.69, 9.17) is 14.2 Å². The highest BCUT2D eigenvalue weighted by Crippen LogP contribution is 2.40. The topological polar surface area (TPSA) is 68.7 Å². The normalized spacial score (nSPS) is 10.4. The molecule has 1 aromatic heterocycles. The van der Waals surface area contributed by atoms with E-state index in [1.165, 1.54) is 5.56 Å². The summed E-state index contributed by atoms with van der Waals surface area (Å²) in [4.78, 5) is 11.2. The zero-order chi connectivity index (χ0) is 20.8. The van der Waals surface area contributed by atoms with Gasteiger partial charge in [0.15, 0.2) is 11.5 Å². The van der Waals surface area contributed by atoms with Gasteiger partial charge in [-0.05, 0) is 37.6 Å². The summed E-state index contributed by atoms with van der Waals surface area (Å²) in [7, 11) is 4.75. The highest BCUT2D eigenvalue weighted by Gasteiger charge is 2.15. The van der Waals surface area contributed by atoms with Crippen molar-refractivity contribution in [2.75, 3.05) is 38.1 Å². The molecule has 0 aliphatic carbocycles. The molecule has 0 saturated carbocycles. The predicted molar refractivity (Wildman–Crippen MR) is 115 cm³/mol. The van der Waals surface area contributed by atoms with Crippen LogP contribution in [-0.2, 0) is 0 Å². The minimum Gasteiger partial charge on any atom is -0.493 e. The molecule has 0 radical (unpaired) electrons. The summed E-state index contributed by atoms with van der Waals surface area (Å²) in [6.45, 7) is 4.89. The first-order valence-corrected chi connectivity index (χ1v) is 9.33. The number of anilines is 4. The van der Waals surface area contributed by atoms with Crippen molar-refractivity contribution in [3.8, 4) is 17.2 Å². The van der Waals surface area contributed by atoms with Crippen LogP contribution in [0, 0.1) is 6.92 Å². The van der Waals surface area contributed by atoms with Crippen LogP contribution in [0.1, 0.15) is 12.5 Å². The zero-order valence-electron chi connectivity index (χ0n) is 17.4. The van der Waals surface area contributed by atoms with E-state index in [0.717, 1.165) is 17.9 Å². The van der Waals surface area contributed by atoms with Gasteiger partial charge in [-0.1, -0.05) is 12.1 Å². The molecule has 0 atom stereocenters. The standard InChI is InChI=1S/C22H26N4O3/c1-6-26(17-9-7-8-15(2)12-17)22-23-11-10-20(25-22)24-16-13-18(27-3)21(29-5)19(14-16)28-4/h7-14H,6H2,1-5H3,(H,23,24,25). The van der Waals surface area contributed by atoms with Crippen LogP contribution in [-0.4, -0.2) is 37.8 Å². The molecule has 1 N–H and O–H groups in total. The Kier molecular flexibility index (Phi) is 6.39. The van der Waals surface area contributed by atoms with E-state index in [-0.39, 0.29) is 0 Å². The Morgan fingerprint density at radius 3 is 2.28 bits per heavy atom. The number of methoxy groups -OCH3 is 3. The fraction of sp³-hybridized carbons (Fsp3) is 0.273. The molecule has 7 nitrogen and oxygen atoms in total. The van der Waals surface area contributed by atoms with Crippen molar-refractivity contribution < 1.29 is 14.2 Å². The zero-order valence-corrected chi connectivity index (χ0v) is 17.4. The quantitative estimate of drug-likeness (QED) is 0.593. The molecule has 29 heavy (non-hydrogen) atoms. The number of hydrogen-bond acceptors (Lipinski definition) is 7. The van der Waals surface area contributed by atoms with Crippen molar-refractivity contribution in [3.05, 3.63) is 54.2 Å². The van der Waals surface area contributed by atoms with Crippen molar-refractivity contribution in [2.24, 2.45) is 0 Å². The van der Waals surface area contributed by atoms with E-state index >= 15 is 0 Å². The molecule has 0 spiro atoms. The summed E-state index contributed by atoms with van der Waals surface area (Å²) in [5, 5.41) is 3.29. The number of nitrogens with one attached hydrogen (secondary N) is 1. The molecule has 0 bridgehead atoms. The fourth-order valence-electron chi connectivity index (χ4n) is 3.08. The summed E-state index contributed by atoms with van der Waals surface area (Å²) in [6, 6.07) is 13.8. The van der Waals surface area contributed by atoms with Gasteiger partial charge < -0.3 is 24.4 Å². The Hall–Kier alpha value is -3.48. The number of hydrogen-bond donors (Lipinski definition) is 1. The van der Waals surface area contributed by atoms with Crippen LogP contribution >= 0.6 is 0 Å². The van der Waals surface area contributed by atoms with E-state index in [1.807, 2.05) is 24.3 Å². The lowest BCUT2D eigenvalue weighted by Gasteiger charge is -2.22. The molecule has 1 heterocycles. The minimum absolute atomic E-state index is 0.542. The second-order valence-corrected chi connectivity index (χ2v) is 6.36. The summed E-state index contributed by atoms with van der Waals surface area (Å²) < 4.78 is 16.2. The molecular formula is C22H26N4O3. The highest BCUT2D eigenvalue weighted by molar-refractivity contribution is 5.67. The molecule has 7 heteroatoms. The Bertz CT molecular complexity index is 953. The lowest BCUT2D eigenvalue weighted by atomic mass is 10.2. The van der Waals surface area contributed by atoms with E-state index in [0.29, 0.717) is 29.0 Å². The molecule has 0 aliphatic rings. The van der Waals surface area contributed by atoms with Gasteiger partial charge in [-0.2, -0.15) is 4.98 Å². The van der Waals surface area contributed by atoms with Crippen molar-refractivity contribution in [1.29, 1.82) is 0 Å². The fourth-order valence-corrected chi connectivity index (χ4v) is 3.08. The van der Waals surface area contributed by atoms with Gasteiger partial charge in [0.2, 0.25) is 11.7 Å². The van der Waals surface area contributed by atoms with Crippen LogP contribution < -0.4 is 24.4 Å². The maximum Gasteiger partial charge on any atom is 0.231 e. The number of nitrogens with zero attached hydrogens (tertiary/aromatic N) is 3. The van der Waals surface area contributed by atoms with Crippen LogP contribution in [0.3, 0.4) is 0 Å². The van der Waals surface area contributed by atoms with Crippen molar-refractivity contribution in [3.63, 3.8) is 0 Å². The summed E-state index contributed by atoms with van der Waals surface area (Å²) in [5.41, 5.74) is 3.01. The molecule has 0 amide bonds. The lowest BCUT2D eigenvalue weighted by Crippen LogP contribution is -2.19. The van der Waals surface area contributed by atoms with Crippen molar-refractivity contribution in [2.45, 2.75) is 13.8 Å². The van der Waals surface area contributed by atoms with Crippen molar-refractivity contribution in [1.82, 2.24) is 9.97 Å². The van der Waals surface area contributed by atoms with Gasteiger partial charge in [0.1, 0.15) is 5.82 Å². The largest absolute Gasteiger partial charge is 0.493 e. The molecule has 152 valence electrons. The van der Waals surface area contributed by atoms with E-state index in [9.17, 15) is 0 Å². The van der Waals surface area contributed by atoms with Gasteiger partial charge in [0.05, 0.1) is 21.3 Å². The lowest BCUT2D eigenvalue weighted by molar-refractivity contribution is 0.324. The van der Waals surface area contributed by atoms with E-state index in [2.05, 4.69) is 52.2 Å². The van der Waals surface area contributed by atoms with Crippen LogP contribution in [0.5, 0.6) is 17.2 Å². The first kappa shape index (κ1) is 20.3. The predicted octanol–water partition coefficient (Wildman–Crippen LogP) is 4.71. The Labute approximate surface area is 171 Å². The number of benzene rings is 2. The molecule has 0 unspecified atom stereocenters. The third kappa shape index (κ3) is 4.51. The molecular weight excluding hydrogens is 368 g/mol. The van der Waals surface area contributed by atoms with Crippen molar-refractivity contribution >= 4 is 23.1 Å². The van der Waals surface area contributed by atoms with Gasteiger partial charge in [0.25, 0.3) is 0 Å². The smallest absolute Gasteiger partial charge is 0.231 e. The van der Waals surface area contributed by atoms with Gasteiger partial charge in [0, 0.05) is 36.2 Å². The van der Waals surface area contributed by atoms with Gasteiger partial charge in [-0.25, -0.2) is 4.98 Å². The average molecular weight is 394 g/mol. The Morgan fingerprint density at radius 2 is 1.69 bits per heavy atom. The molecule has 0 aliphatic heterocycles. The molecule has 3 aromatic rings. The van der Waals surface area contributed by atoms with E-state index in [1.54, 1.807) is 27.5 Å². The van der Waals surface area contributed by atoms with Gasteiger partial charge >= 0.3 is 0 Å². The summed E-state index contributed by atoms with van der Waals surface area (Å²) in [5.74, 6) is 2.96. The number of aryl methyl sites for hydroxylation is 1. The first-order valence-electron chi connectivity index (χ1n) is 9.33. The van der Waals surface area contributed by atoms with Crippen LogP contribution in [0.15, 0.2) is 48.7 Å². The summed E-state index contributed by atoms with van der Waals surface area (Å²) >= 11 is 0. The second kappa shape index (κ2) is 9.14. The molecule has 0 saturated heterocycles. The highest BCUT2D eigenvalue weighted by atomic mass is 16.5. The van der Waals surface area contributed by atoms with Gasteiger partial charge in [-0.3, -0.25) is 0 Å². The number of aromatic nitrogens is 2. The maximum atomic E-state index is 5.42. The third-order valence-electron chi connectivity index (χ3n) is 4.45. The minimum atomic E-state index is 0.542. The van der Waals surface area contributed by atoms with Crippen LogP contribution in [0.25, 0.3) is 0 Å². The number of ether oxygens (including phenoxy) is 3. The Balaban J connectivity index is 1.92. The number of rotatable bonds is 8. The maximum absolute atomic E-state index is 5.42. The average Bonchev–Trinajstić information content (AvgIpc) is 2.74. The molecule has 2 aromatic carbocycles. The molecule has 3 rings (SSSR count). The SMILES string of the molecule is CCN(c1cccc(C)c1)c1nccc(Nc2cc(OC)c(OC)c(OC)c2)n1.